The van der Waals surface area contributed by atoms with Gasteiger partial charge in [0.05, 0.1) is 6.04 Å². The Morgan fingerprint density at radius 3 is 2.48 bits per heavy atom. The fourth-order valence-electron chi connectivity index (χ4n) is 3.67. The molecule has 1 amide bonds. The number of amides is 1. The van der Waals surface area contributed by atoms with Gasteiger partial charge in [-0.3, -0.25) is 9.69 Å². The zero-order valence-corrected chi connectivity index (χ0v) is 15.6. The molecule has 0 radical (unpaired) electrons. The number of piperidine rings is 1. The summed E-state index contributed by atoms with van der Waals surface area (Å²) >= 11 is 0. The molecule has 0 spiro atoms. The molecule has 0 bridgehead atoms. The normalized spacial score (nSPS) is 21.4. The maximum absolute atomic E-state index is 12.3. The number of aromatic nitrogens is 2. The highest BCUT2D eigenvalue weighted by Gasteiger charge is 2.26. The Bertz CT molecular complexity index is 547. The molecule has 3 rings (SSSR count). The molecule has 0 saturated carbocycles. The van der Waals surface area contributed by atoms with Gasteiger partial charge in [0, 0.05) is 58.7 Å². The van der Waals surface area contributed by atoms with Crippen molar-refractivity contribution in [1.82, 2.24) is 24.8 Å². The zero-order valence-electron chi connectivity index (χ0n) is 15.6. The monoisotopic (exact) mass is 349 g/mol. The summed E-state index contributed by atoms with van der Waals surface area (Å²) in [6, 6.07) is 0.157. The Hall–Kier alpha value is -1.47. The summed E-state index contributed by atoms with van der Waals surface area (Å²) in [4.78, 5) is 23.6. The number of piperazine rings is 1. The fourth-order valence-corrected chi connectivity index (χ4v) is 3.67. The molecule has 0 aromatic carbocycles. The van der Waals surface area contributed by atoms with E-state index >= 15 is 0 Å². The van der Waals surface area contributed by atoms with Crippen LogP contribution < -0.4 is 0 Å². The summed E-state index contributed by atoms with van der Waals surface area (Å²) in [5.74, 6) is 1.82. The minimum Gasteiger partial charge on any atom is -0.343 e. The third kappa shape index (κ3) is 4.79. The van der Waals surface area contributed by atoms with E-state index in [1.165, 1.54) is 6.42 Å². The predicted octanol–water partition coefficient (Wildman–Crippen LogP) is 1.71. The van der Waals surface area contributed by atoms with Crippen LogP contribution in [-0.2, 0) is 11.2 Å². The SMILES string of the molecule is CCc1noc([C@@H](C)N2CCN(CCC(=O)N3CCCCC3)CC2)n1. The van der Waals surface area contributed by atoms with E-state index in [1.807, 2.05) is 11.8 Å². The number of rotatable bonds is 6. The van der Waals surface area contributed by atoms with Crippen molar-refractivity contribution in [2.75, 3.05) is 45.8 Å². The molecule has 0 unspecified atom stereocenters. The summed E-state index contributed by atoms with van der Waals surface area (Å²) in [7, 11) is 0. The Morgan fingerprint density at radius 1 is 1.12 bits per heavy atom. The van der Waals surface area contributed by atoms with Crippen molar-refractivity contribution in [3.05, 3.63) is 11.7 Å². The highest BCUT2D eigenvalue weighted by molar-refractivity contribution is 5.76. The molecule has 140 valence electrons. The highest BCUT2D eigenvalue weighted by atomic mass is 16.5. The van der Waals surface area contributed by atoms with Crippen LogP contribution in [0.5, 0.6) is 0 Å². The number of aryl methyl sites for hydroxylation is 1. The van der Waals surface area contributed by atoms with Gasteiger partial charge in [-0.15, -0.1) is 0 Å². The predicted molar refractivity (Wildman–Crippen MR) is 95.2 cm³/mol. The first-order valence-electron chi connectivity index (χ1n) is 9.74. The molecule has 2 aliphatic heterocycles. The van der Waals surface area contributed by atoms with Gasteiger partial charge in [0.15, 0.2) is 5.82 Å². The molecule has 2 aliphatic rings. The lowest BCUT2D eigenvalue weighted by atomic mass is 10.1. The minimum absolute atomic E-state index is 0.157. The van der Waals surface area contributed by atoms with Gasteiger partial charge in [-0.05, 0) is 26.2 Å². The average molecular weight is 349 g/mol. The first-order chi connectivity index (χ1) is 12.2. The summed E-state index contributed by atoms with van der Waals surface area (Å²) < 4.78 is 5.38. The molecule has 3 heterocycles. The number of carbonyl (C=O) groups is 1. The zero-order chi connectivity index (χ0) is 17.6. The third-order valence-electron chi connectivity index (χ3n) is 5.46. The lowest BCUT2D eigenvalue weighted by molar-refractivity contribution is -0.132. The van der Waals surface area contributed by atoms with E-state index in [0.717, 1.165) is 70.9 Å². The van der Waals surface area contributed by atoms with Crippen LogP contribution in [-0.4, -0.2) is 76.6 Å². The van der Waals surface area contributed by atoms with Crippen molar-refractivity contribution in [3.63, 3.8) is 0 Å². The summed E-state index contributed by atoms with van der Waals surface area (Å²) in [6.07, 6.45) is 5.05. The number of likely N-dealkylation sites (tertiary alicyclic amines) is 1. The van der Waals surface area contributed by atoms with Crippen molar-refractivity contribution in [1.29, 1.82) is 0 Å². The minimum atomic E-state index is 0.157. The fraction of sp³-hybridized carbons (Fsp3) is 0.833. The maximum Gasteiger partial charge on any atom is 0.243 e. The van der Waals surface area contributed by atoms with Crippen LogP contribution in [0.25, 0.3) is 0 Å². The second-order valence-corrected chi connectivity index (χ2v) is 7.15. The molecule has 1 aromatic rings. The van der Waals surface area contributed by atoms with Gasteiger partial charge < -0.3 is 14.3 Å². The van der Waals surface area contributed by atoms with Crippen LogP contribution in [0.1, 0.15) is 57.3 Å². The van der Waals surface area contributed by atoms with Crippen molar-refractivity contribution in [2.24, 2.45) is 0 Å². The van der Waals surface area contributed by atoms with Gasteiger partial charge in [0.2, 0.25) is 11.8 Å². The summed E-state index contributed by atoms with van der Waals surface area (Å²) in [6.45, 7) is 10.9. The van der Waals surface area contributed by atoms with Gasteiger partial charge >= 0.3 is 0 Å². The maximum atomic E-state index is 12.3. The Labute approximate surface area is 150 Å². The van der Waals surface area contributed by atoms with Crippen LogP contribution in [0.4, 0.5) is 0 Å². The Balaban J connectivity index is 1.40. The second kappa shape index (κ2) is 8.76. The lowest BCUT2D eigenvalue weighted by Gasteiger charge is -2.37. The van der Waals surface area contributed by atoms with E-state index in [4.69, 9.17) is 4.52 Å². The first-order valence-corrected chi connectivity index (χ1v) is 9.74. The molecular weight excluding hydrogens is 318 g/mol. The summed E-state index contributed by atoms with van der Waals surface area (Å²) in [5.41, 5.74) is 0. The van der Waals surface area contributed by atoms with Gasteiger partial charge in [-0.2, -0.15) is 4.98 Å². The van der Waals surface area contributed by atoms with Crippen molar-refractivity contribution in [2.45, 2.75) is 52.0 Å². The van der Waals surface area contributed by atoms with Gasteiger partial charge in [-0.25, -0.2) is 0 Å². The highest BCUT2D eigenvalue weighted by Crippen LogP contribution is 2.20. The number of carbonyl (C=O) groups excluding carboxylic acids is 1. The van der Waals surface area contributed by atoms with Crippen LogP contribution in [0.3, 0.4) is 0 Å². The van der Waals surface area contributed by atoms with Crippen LogP contribution in [0.2, 0.25) is 0 Å². The summed E-state index contributed by atoms with van der Waals surface area (Å²) in [5, 5.41) is 3.99. The second-order valence-electron chi connectivity index (χ2n) is 7.15. The molecular formula is C18H31N5O2. The molecule has 2 fully saturated rings. The number of nitrogens with zero attached hydrogens (tertiary/aromatic N) is 5. The lowest BCUT2D eigenvalue weighted by Crippen LogP contribution is -2.48. The number of hydrogen-bond donors (Lipinski definition) is 0. The Kier molecular flexibility index (Phi) is 6.42. The molecule has 1 aromatic heterocycles. The first kappa shape index (κ1) is 18.3. The Morgan fingerprint density at radius 2 is 1.84 bits per heavy atom. The van der Waals surface area contributed by atoms with Crippen molar-refractivity contribution in [3.8, 4) is 0 Å². The molecule has 2 saturated heterocycles. The topological polar surface area (TPSA) is 65.7 Å². The van der Waals surface area contributed by atoms with E-state index in [-0.39, 0.29) is 6.04 Å². The average Bonchev–Trinajstić information content (AvgIpc) is 3.16. The van der Waals surface area contributed by atoms with E-state index in [9.17, 15) is 4.79 Å². The van der Waals surface area contributed by atoms with Gasteiger partial charge in [-0.1, -0.05) is 12.1 Å². The van der Waals surface area contributed by atoms with Gasteiger partial charge in [0.25, 0.3) is 0 Å². The van der Waals surface area contributed by atoms with E-state index in [2.05, 4.69) is 26.9 Å². The largest absolute Gasteiger partial charge is 0.343 e. The van der Waals surface area contributed by atoms with Crippen molar-refractivity contribution < 1.29 is 9.32 Å². The standard InChI is InChI=1S/C18H31N5O2/c1-3-16-19-18(25-20-16)15(2)22-13-11-21(12-14-22)10-7-17(24)23-8-5-4-6-9-23/h15H,3-14H2,1-2H3/t15-/m1/s1. The molecule has 7 heteroatoms. The van der Waals surface area contributed by atoms with E-state index in [0.29, 0.717) is 18.2 Å². The van der Waals surface area contributed by atoms with E-state index < -0.39 is 0 Å². The number of hydrogen-bond acceptors (Lipinski definition) is 6. The van der Waals surface area contributed by atoms with Crippen LogP contribution in [0, 0.1) is 0 Å². The third-order valence-corrected chi connectivity index (χ3v) is 5.46. The quantitative estimate of drug-likeness (QED) is 0.779. The smallest absolute Gasteiger partial charge is 0.243 e. The molecule has 0 aliphatic carbocycles. The van der Waals surface area contributed by atoms with Crippen LogP contribution >= 0.6 is 0 Å². The van der Waals surface area contributed by atoms with Crippen LogP contribution in [0.15, 0.2) is 4.52 Å². The van der Waals surface area contributed by atoms with Crippen molar-refractivity contribution >= 4 is 5.91 Å². The molecule has 7 nitrogen and oxygen atoms in total. The van der Waals surface area contributed by atoms with Gasteiger partial charge in [0.1, 0.15) is 0 Å². The molecule has 25 heavy (non-hydrogen) atoms. The molecule has 0 N–H and O–H groups in total. The molecule has 1 atom stereocenters. The van der Waals surface area contributed by atoms with E-state index in [1.54, 1.807) is 0 Å².